The van der Waals surface area contributed by atoms with Gasteiger partial charge >= 0.3 is 0 Å². The SMILES string of the molecule is CC(C)[C@]12C[C@@H](OCc3ccccc3C#N)[C@](C)(C[C@@H]1I)O2. The van der Waals surface area contributed by atoms with Crippen LogP contribution in [0, 0.1) is 17.2 Å². The first-order chi connectivity index (χ1) is 10.4. The van der Waals surface area contributed by atoms with Gasteiger partial charge in [-0.1, -0.05) is 54.6 Å². The number of nitriles is 1. The number of hydrogen-bond donors (Lipinski definition) is 0. The molecule has 2 aliphatic rings. The van der Waals surface area contributed by atoms with Crippen LogP contribution in [0.15, 0.2) is 24.3 Å². The first-order valence-electron chi connectivity index (χ1n) is 7.85. The van der Waals surface area contributed by atoms with E-state index in [1.54, 1.807) is 0 Å². The zero-order chi connectivity index (χ0) is 16.0. The molecule has 4 heteroatoms. The van der Waals surface area contributed by atoms with Crippen LogP contribution in [0.4, 0.5) is 0 Å². The summed E-state index contributed by atoms with van der Waals surface area (Å²) in [5, 5.41) is 9.18. The largest absolute Gasteiger partial charge is 0.370 e. The van der Waals surface area contributed by atoms with Crippen LogP contribution in [0.2, 0.25) is 0 Å². The second-order valence-corrected chi connectivity index (χ2v) is 8.47. The third-order valence-electron chi connectivity index (χ3n) is 5.28. The van der Waals surface area contributed by atoms with Crippen molar-refractivity contribution in [3.63, 3.8) is 0 Å². The lowest BCUT2D eigenvalue weighted by molar-refractivity contribution is -0.0954. The van der Waals surface area contributed by atoms with Gasteiger partial charge in [-0.25, -0.2) is 0 Å². The predicted octanol–water partition coefficient (Wildman–Crippen LogP) is 4.22. The maximum atomic E-state index is 9.18. The molecule has 2 bridgehead atoms. The van der Waals surface area contributed by atoms with E-state index in [1.165, 1.54) is 0 Å². The van der Waals surface area contributed by atoms with Gasteiger partial charge in [-0.3, -0.25) is 0 Å². The molecule has 2 aliphatic heterocycles. The van der Waals surface area contributed by atoms with Crippen molar-refractivity contribution < 1.29 is 9.47 Å². The Hall–Kier alpha value is -0.640. The summed E-state index contributed by atoms with van der Waals surface area (Å²) in [6.45, 7) is 7.14. The van der Waals surface area contributed by atoms with Crippen LogP contribution in [0.1, 0.15) is 44.7 Å². The Balaban J connectivity index is 1.74. The molecule has 118 valence electrons. The molecular weight excluding hydrogens is 389 g/mol. The van der Waals surface area contributed by atoms with Gasteiger partial charge in [0.15, 0.2) is 0 Å². The molecule has 0 aliphatic carbocycles. The predicted molar refractivity (Wildman–Crippen MR) is 93.8 cm³/mol. The van der Waals surface area contributed by atoms with E-state index >= 15 is 0 Å². The highest BCUT2D eigenvalue weighted by atomic mass is 127. The number of halogens is 1. The highest BCUT2D eigenvalue weighted by molar-refractivity contribution is 14.1. The van der Waals surface area contributed by atoms with E-state index in [1.807, 2.05) is 24.3 Å². The fraction of sp³-hybridized carbons (Fsp3) is 0.611. The topological polar surface area (TPSA) is 42.2 Å². The van der Waals surface area contributed by atoms with Crippen molar-refractivity contribution in [1.82, 2.24) is 0 Å². The molecule has 0 saturated carbocycles. The van der Waals surface area contributed by atoms with Crippen molar-refractivity contribution in [3.8, 4) is 6.07 Å². The Labute approximate surface area is 146 Å². The summed E-state index contributed by atoms with van der Waals surface area (Å²) in [7, 11) is 0. The maximum Gasteiger partial charge on any atom is 0.0995 e. The summed E-state index contributed by atoms with van der Waals surface area (Å²) in [6, 6.07) is 9.88. The van der Waals surface area contributed by atoms with E-state index in [-0.39, 0.29) is 17.3 Å². The maximum absolute atomic E-state index is 9.18. The van der Waals surface area contributed by atoms with Crippen LogP contribution in [0.5, 0.6) is 0 Å². The minimum atomic E-state index is -0.197. The molecule has 1 aromatic carbocycles. The summed E-state index contributed by atoms with van der Waals surface area (Å²) < 4.78 is 13.2. The Morgan fingerprint density at radius 2 is 2.14 bits per heavy atom. The molecular formula is C18H22INO2. The summed E-state index contributed by atoms with van der Waals surface area (Å²) in [5.74, 6) is 0.483. The average molecular weight is 411 g/mol. The normalized spacial score (nSPS) is 36.7. The Bertz CT molecular complexity index is 611. The lowest BCUT2D eigenvalue weighted by atomic mass is 9.75. The number of nitrogens with zero attached hydrogens (tertiary/aromatic N) is 1. The average Bonchev–Trinajstić information content (AvgIpc) is 2.93. The summed E-state index contributed by atoms with van der Waals surface area (Å²) in [5.41, 5.74) is 1.40. The van der Waals surface area contributed by atoms with Crippen molar-refractivity contribution in [2.45, 2.75) is 61.5 Å². The number of alkyl halides is 1. The molecule has 3 nitrogen and oxygen atoms in total. The molecule has 4 atom stereocenters. The van der Waals surface area contributed by atoms with Crippen molar-refractivity contribution in [3.05, 3.63) is 35.4 Å². The Kier molecular flexibility index (Phi) is 4.26. The molecule has 22 heavy (non-hydrogen) atoms. The molecule has 2 fully saturated rings. The van der Waals surface area contributed by atoms with Crippen LogP contribution in [-0.2, 0) is 16.1 Å². The second kappa shape index (κ2) is 5.77. The van der Waals surface area contributed by atoms with E-state index < -0.39 is 0 Å². The van der Waals surface area contributed by atoms with E-state index in [0.717, 1.165) is 18.4 Å². The lowest BCUT2D eigenvalue weighted by Gasteiger charge is -2.35. The highest BCUT2D eigenvalue weighted by Gasteiger charge is 2.65. The number of hydrogen-bond acceptors (Lipinski definition) is 3. The first-order valence-corrected chi connectivity index (χ1v) is 9.10. The third kappa shape index (κ3) is 2.47. The Morgan fingerprint density at radius 1 is 1.41 bits per heavy atom. The van der Waals surface area contributed by atoms with Crippen molar-refractivity contribution in [2.24, 2.45) is 5.92 Å². The molecule has 0 unspecified atom stereocenters. The monoisotopic (exact) mass is 411 g/mol. The van der Waals surface area contributed by atoms with Crippen LogP contribution >= 0.6 is 22.6 Å². The van der Waals surface area contributed by atoms with Gasteiger partial charge in [-0.05, 0) is 30.9 Å². The van der Waals surface area contributed by atoms with Gasteiger partial charge in [0.05, 0.1) is 35.5 Å². The molecule has 0 radical (unpaired) electrons. The number of rotatable bonds is 4. The summed E-state index contributed by atoms with van der Waals surface area (Å²) in [4.78, 5) is 0. The summed E-state index contributed by atoms with van der Waals surface area (Å²) in [6.07, 6.45) is 2.09. The van der Waals surface area contributed by atoms with Gasteiger partial charge in [-0.2, -0.15) is 5.26 Å². The van der Waals surface area contributed by atoms with Crippen molar-refractivity contribution in [1.29, 1.82) is 5.26 Å². The fourth-order valence-electron chi connectivity index (χ4n) is 3.84. The van der Waals surface area contributed by atoms with Crippen LogP contribution in [0.3, 0.4) is 0 Å². The minimum absolute atomic E-state index is 0.0608. The fourth-order valence-corrected chi connectivity index (χ4v) is 5.81. The second-order valence-electron chi connectivity index (χ2n) is 6.97. The van der Waals surface area contributed by atoms with E-state index in [4.69, 9.17) is 9.47 Å². The van der Waals surface area contributed by atoms with Gasteiger partial charge < -0.3 is 9.47 Å². The third-order valence-corrected chi connectivity index (χ3v) is 6.77. The smallest absolute Gasteiger partial charge is 0.0995 e. The standard InChI is InChI=1S/C18H22INO2/c1-12(2)18-9-16(17(3,22-18)8-15(18)19)21-11-14-7-5-4-6-13(14)10-20/h4-7,12,15-16H,8-9,11H2,1-3H3/t15-,16+,17-,18+/m0/s1. The van der Waals surface area contributed by atoms with Gasteiger partial charge in [0.1, 0.15) is 0 Å². The quantitative estimate of drug-likeness (QED) is 0.550. The minimum Gasteiger partial charge on any atom is -0.370 e. The number of ether oxygens (including phenoxy) is 2. The lowest BCUT2D eigenvalue weighted by Crippen LogP contribution is -2.44. The van der Waals surface area contributed by atoms with Crippen LogP contribution in [0.25, 0.3) is 0 Å². The molecule has 0 aromatic heterocycles. The van der Waals surface area contributed by atoms with Crippen LogP contribution in [-0.4, -0.2) is 21.2 Å². The molecule has 0 spiro atoms. The van der Waals surface area contributed by atoms with Crippen molar-refractivity contribution in [2.75, 3.05) is 0 Å². The highest BCUT2D eigenvalue weighted by Crippen LogP contribution is 2.57. The van der Waals surface area contributed by atoms with E-state index in [0.29, 0.717) is 22.0 Å². The van der Waals surface area contributed by atoms with Crippen LogP contribution < -0.4 is 0 Å². The van der Waals surface area contributed by atoms with Gasteiger partial charge in [-0.15, -0.1) is 0 Å². The first kappa shape index (κ1) is 16.2. The molecule has 1 aromatic rings. The zero-order valence-electron chi connectivity index (χ0n) is 13.3. The van der Waals surface area contributed by atoms with Gasteiger partial charge in [0.2, 0.25) is 0 Å². The Morgan fingerprint density at radius 3 is 2.77 bits per heavy atom. The molecule has 2 saturated heterocycles. The molecule has 0 N–H and O–H groups in total. The number of benzene rings is 1. The van der Waals surface area contributed by atoms with Gasteiger partial charge in [0, 0.05) is 10.3 Å². The van der Waals surface area contributed by atoms with E-state index in [9.17, 15) is 5.26 Å². The molecule has 3 rings (SSSR count). The molecule has 2 heterocycles. The molecule has 0 amide bonds. The summed E-state index contributed by atoms with van der Waals surface area (Å²) >= 11 is 2.54. The van der Waals surface area contributed by atoms with Gasteiger partial charge in [0.25, 0.3) is 0 Å². The zero-order valence-corrected chi connectivity index (χ0v) is 15.5. The van der Waals surface area contributed by atoms with Crippen molar-refractivity contribution >= 4 is 22.6 Å². The number of fused-ring (bicyclic) bond motifs is 2. The van der Waals surface area contributed by atoms with E-state index in [2.05, 4.69) is 49.4 Å².